The van der Waals surface area contributed by atoms with Crippen LogP contribution in [0.1, 0.15) is 0 Å². The van der Waals surface area contributed by atoms with Gasteiger partial charge in [-0.15, -0.1) is 11.3 Å². The lowest BCUT2D eigenvalue weighted by Crippen LogP contribution is -2.09. The summed E-state index contributed by atoms with van der Waals surface area (Å²) in [4.78, 5) is 4.72. The Labute approximate surface area is 642 Å². The van der Waals surface area contributed by atoms with Crippen LogP contribution in [0.2, 0.25) is 0 Å². The molecule has 110 heavy (non-hydrogen) atoms. The maximum Gasteiger partial charge on any atom is 0.143 e. The number of benzene rings is 19. The van der Waals surface area contributed by atoms with Crippen molar-refractivity contribution in [3.05, 3.63) is 413 Å². The smallest absolute Gasteiger partial charge is 0.143 e. The molecular weight excluding hydrogens is 1350 g/mol. The SMILES string of the molecule is c1ccc(-c2ccc(N(c3ccc(-c4ccccc4)cc3)c3ccc(-c4cccc5c4sc4c5cc(-c5cccc(-c6ccc(N(c7ccccc7)c7ccc(-c8cccc9c8oc8c9cc(-c9ccccc9)c9ccc%10ccccc%10c98)cc7)cc6)c5)c5cc(-c6ccccc6)c6ccccc6c54)cc3)cc2)cc1. The summed E-state index contributed by atoms with van der Waals surface area (Å²) in [5.74, 6) is 0. The number of rotatable bonds is 14. The summed E-state index contributed by atoms with van der Waals surface area (Å²) in [5.41, 5.74) is 27.0. The highest BCUT2D eigenvalue weighted by Gasteiger charge is 2.24. The average Bonchev–Trinajstić information content (AvgIpc) is 1.48. The van der Waals surface area contributed by atoms with E-state index in [0.717, 1.165) is 89.3 Å². The molecule has 4 heteroatoms. The highest BCUT2D eigenvalue weighted by molar-refractivity contribution is 7.27. The van der Waals surface area contributed by atoms with Crippen molar-refractivity contribution in [3.63, 3.8) is 0 Å². The zero-order valence-corrected chi connectivity index (χ0v) is 60.8. The van der Waals surface area contributed by atoms with Crippen molar-refractivity contribution in [2.75, 3.05) is 9.80 Å². The molecule has 19 aromatic carbocycles. The topological polar surface area (TPSA) is 19.6 Å². The largest absolute Gasteiger partial charge is 0.455 e. The first-order valence-electron chi connectivity index (χ1n) is 37.7. The van der Waals surface area contributed by atoms with Crippen molar-refractivity contribution >= 4 is 131 Å². The molecule has 21 rings (SSSR count). The van der Waals surface area contributed by atoms with Crippen LogP contribution < -0.4 is 9.80 Å². The van der Waals surface area contributed by atoms with Crippen molar-refractivity contribution in [1.29, 1.82) is 0 Å². The third-order valence-corrected chi connectivity index (χ3v) is 23.5. The van der Waals surface area contributed by atoms with Gasteiger partial charge in [-0.3, -0.25) is 0 Å². The number of para-hydroxylation sites is 2. The fraction of sp³-hybridized carbons (Fsp3) is 0. The molecule has 0 aliphatic carbocycles. The molecule has 3 nitrogen and oxygen atoms in total. The second-order valence-corrected chi connectivity index (χ2v) is 29.6. The second kappa shape index (κ2) is 27.0. The molecule has 0 bridgehead atoms. The number of thiophene rings is 1. The Balaban J connectivity index is 0.644. The summed E-state index contributed by atoms with van der Waals surface area (Å²) in [6.45, 7) is 0. The van der Waals surface area contributed by atoms with Crippen LogP contribution in [0.15, 0.2) is 417 Å². The Bertz CT molecular complexity index is 6980. The lowest BCUT2D eigenvalue weighted by Gasteiger charge is -2.26. The fourth-order valence-corrected chi connectivity index (χ4v) is 18.3. The Kier molecular flexibility index (Phi) is 15.8. The number of fused-ring (bicyclic) bond motifs is 14. The van der Waals surface area contributed by atoms with Crippen molar-refractivity contribution < 1.29 is 4.42 Å². The molecule has 0 amide bonds. The van der Waals surface area contributed by atoms with Crippen molar-refractivity contribution in [2.24, 2.45) is 0 Å². The summed E-state index contributed by atoms with van der Waals surface area (Å²) in [6.07, 6.45) is 0. The van der Waals surface area contributed by atoms with E-state index >= 15 is 0 Å². The number of hydrogen-bond donors (Lipinski definition) is 0. The third kappa shape index (κ3) is 11.2. The third-order valence-electron chi connectivity index (χ3n) is 22.2. The number of furan rings is 1. The van der Waals surface area contributed by atoms with E-state index in [9.17, 15) is 0 Å². The number of anilines is 6. The minimum Gasteiger partial charge on any atom is -0.455 e. The van der Waals surface area contributed by atoms with Crippen LogP contribution in [0.3, 0.4) is 0 Å². The summed E-state index contributed by atoms with van der Waals surface area (Å²) >= 11 is 1.92. The lowest BCUT2D eigenvalue weighted by atomic mass is 9.87. The van der Waals surface area contributed by atoms with Gasteiger partial charge in [0.1, 0.15) is 11.2 Å². The monoisotopic (exact) mass is 1420 g/mol. The van der Waals surface area contributed by atoms with Gasteiger partial charge in [0.05, 0.1) is 0 Å². The van der Waals surface area contributed by atoms with E-state index in [1.807, 2.05) is 11.3 Å². The number of nitrogens with zero attached hydrogens (tertiary/aromatic N) is 2. The molecule has 0 aliphatic heterocycles. The summed E-state index contributed by atoms with van der Waals surface area (Å²) < 4.78 is 9.74. The molecular formula is C106H68N2OS. The maximum absolute atomic E-state index is 7.18. The van der Waals surface area contributed by atoms with Gasteiger partial charge in [-0.2, -0.15) is 0 Å². The Hall–Kier alpha value is -14.2. The first-order valence-corrected chi connectivity index (χ1v) is 38.5. The molecule has 21 aromatic rings. The van der Waals surface area contributed by atoms with E-state index in [0.29, 0.717) is 0 Å². The molecule has 0 fully saturated rings. The first kappa shape index (κ1) is 64.2. The fourth-order valence-electron chi connectivity index (χ4n) is 16.9. The van der Waals surface area contributed by atoms with E-state index in [1.165, 1.54) is 119 Å². The van der Waals surface area contributed by atoms with E-state index in [4.69, 9.17) is 4.42 Å². The van der Waals surface area contributed by atoms with Crippen LogP contribution in [-0.2, 0) is 0 Å². The zero-order chi connectivity index (χ0) is 72.6. The normalized spacial score (nSPS) is 11.6. The average molecular weight is 1420 g/mol. The highest BCUT2D eigenvalue weighted by atomic mass is 32.1. The molecule has 2 heterocycles. The van der Waals surface area contributed by atoms with Crippen molar-refractivity contribution in [1.82, 2.24) is 0 Å². The molecule has 0 radical (unpaired) electrons. The van der Waals surface area contributed by atoms with Gasteiger partial charge in [0.25, 0.3) is 0 Å². The highest BCUT2D eigenvalue weighted by Crippen LogP contribution is 2.52. The zero-order valence-electron chi connectivity index (χ0n) is 60.0. The van der Waals surface area contributed by atoms with Crippen LogP contribution in [-0.4, -0.2) is 0 Å². The maximum atomic E-state index is 7.18. The van der Waals surface area contributed by atoms with E-state index in [2.05, 4.69) is 422 Å². The number of hydrogen-bond acceptors (Lipinski definition) is 4. The summed E-state index contributed by atoms with van der Waals surface area (Å²) in [7, 11) is 0. The molecule has 0 saturated heterocycles. The van der Waals surface area contributed by atoms with E-state index in [-0.39, 0.29) is 0 Å². The van der Waals surface area contributed by atoms with Crippen molar-refractivity contribution in [2.45, 2.75) is 0 Å². The quantitative estimate of drug-likeness (QED) is 0.101. The van der Waals surface area contributed by atoms with Crippen molar-refractivity contribution in [3.8, 4) is 89.0 Å². The van der Waals surface area contributed by atoms with Gasteiger partial charge in [-0.1, -0.05) is 315 Å². The summed E-state index contributed by atoms with van der Waals surface area (Å²) in [5, 5.41) is 14.4. The van der Waals surface area contributed by atoms with Crippen LogP contribution in [0, 0.1) is 0 Å². The lowest BCUT2D eigenvalue weighted by molar-refractivity contribution is 0.674. The van der Waals surface area contributed by atoms with Gasteiger partial charge in [0.15, 0.2) is 0 Å². The minimum atomic E-state index is 0.883. The van der Waals surface area contributed by atoms with Gasteiger partial charge in [0, 0.05) is 81.4 Å². The van der Waals surface area contributed by atoms with Crippen LogP contribution in [0.25, 0.3) is 174 Å². The molecule has 514 valence electrons. The first-order chi connectivity index (χ1) is 54.5. The second-order valence-electron chi connectivity index (χ2n) is 28.6. The van der Waals surface area contributed by atoms with Gasteiger partial charge < -0.3 is 14.2 Å². The summed E-state index contributed by atoms with van der Waals surface area (Å²) in [6, 6.07) is 151. The minimum absolute atomic E-state index is 0.883. The van der Waals surface area contributed by atoms with Gasteiger partial charge in [-0.05, 0) is 213 Å². The molecule has 2 aromatic heterocycles. The Morgan fingerprint density at radius 3 is 1.12 bits per heavy atom. The van der Waals surface area contributed by atoms with Crippen LogP contribution >= 0.6 is 11.3 Å². The molecule has 0 aliphatic rings. The Morgan fingerprint density at radius 2 is 0.545 bits per heavy atom. The Morgan fingerprint density at radius 1 is 0.173 bits per heavy atom. The van der Waals surface area contributed by atoms with E-state index in [1.54, 1.807) is 0 Å². The van der Waals surface area contributed by atoms with E-state index < -0.39 is 0 Å². The molecule has 0 saturated carbocycles. The molecule has 0 spiro atoms. The standard InChI is InChI=1S/C106H68N2OS/c1-6-23-69(24-7-1)71-43-54-83(55-44-71)108(84-56-45-72(46-57-84)70-25-8-2-9-26-70)86-62-51-78(52-63-86)89-40-22-42-94-100-68-97(98-66-95(74-27-10-3-11-28-74)90-37-18-19-38-91(90)102(98)106(100)110-105(89)94)80-33-20-32-79(65-80)73-47-58-82(59-48-73)107(81-34-14-5-15-35-81)85-60-49-77(50-61-85)88-39-21-41-93-99-67-96(75-29-12-4-13-30-75)92-64-53-76-31-16-17-36-87(76)101(92)104(99)109-103(88)93/h1-68H. The molecule has 0 atom stereocenters. The van der Waals surface area contributed by atoms with Crippen LogP contribution in [0.5, 0.6) is 0 Å². The van der Waals surface area contributed by atoms with Gasteiger partial charge in [-0.25, -0.2) is 0 Å². The molecule has 0 unspecified atom stereocenters. The van der Waals surface area contributed by atoms with Gasteiger partial charge in [0.2, 0.25) is 0 Å². The molecule has 0 N–H and O–H groups in total. The van der Waals surface area contributed by atoms with Crippen LogP contribution in [0.4, 0.5) is 34.1 Å². The predicted octanol–water partition coefficient (Wildman–Crippen LogP) is 30.8. The predicted molar refractivity (Wildman–Crippen MR) is 469 cm³/mol. The van der Waals surface area contributed by atoms with Gasteiger partial charge >= 0.3 is 0 Å².